The standard InChI is InChI=1S/C11H18N4O/c12-10-8-13-15(9-10)7-4-11(16)14-5-2-1-3-6-14/h8-9H,1-7,12H2. The van der Waals surface area contributed by atoms with Crippen LogP contribution in [0.4, 0.5) is 5.69 Å². The van der Waals surface area contributed by atoms with Crippen LogP contribution in [-0.2, 0) is 11.3 Å². The second kappa shape index (κ2) is 5.01. The molecule has 1 amide bonds. The monoisotopic (exact) mass is 222 g/mol. The van der Waals surface area contributed by atoms with Crippen LogP contribution >= 0.6 is 0 Å². The van der Waals surface area contributed by atoms with Crippen LogP contribution in [0.25, 0.3) is 0 Å². The number of rotatable bonds is 3. The van der Waals surface area contributed by atoms with E-state index in [4.69, 9.17) is 5.73 Å². The minimum absolute atomic E-state index is 0.230. The number of aromatic nitrogens is 2. The smallest absolute Gasteiger partial charge is 0.224 e. The average molecular weight is 222 g/mol. The molecule has 5 nitrogen and oxygen atoms in total. The molecule has 88 valence electrons. The van der Waals surface area contributed by atoms with Crippen LogP contribution in [0.5, 0.6) is 0 Å². The number of nitrogens with zero attached hydrogens (tertiary/aromatic N) is 3. The van der Waals surface area contributed by atoms with Crippen molar-refractivity contribution >= 4 is 11.6 Å². The molecule has 1 saturated heterocycles. The zero-order chi connectivity index (χ0) is 11.4. The van der Waals surface area contributed by atoms with E-state index in [1.807, 2.05) is 4.90 Å². The summed E-state index contributed by atoms with van der Waals surface area (Å²) in [6.07, 6.45) is 7.40. The van der Waals surface area contributed by atoms with Gasteiger partial charge in [-0.25, -0.2) is 0 Å². The summed E-state index contributed by atoms with van der Waals surface area (Å²) >= 11 is 0. The Morgan fingerprint density at radius 3 is 2.75 bits per heavy atom. The number of carbonyl (C=O) groups excluding carboxylic acids is 1. The van der Waals surface area contributed by atoms with E-state index in [0.29, 0.717) is 18.7 Å². The van der Waals surface area contributed by atoms with Gasteiger partial charge in [0.15, 0.2) is 0 Å². The Morgan fingerprint density at radius 2 is 2.12 bits per heavy atom. The highest BCUT2D eigenvalue weighted by molar-refractivity contribution is 5.76. The van der Waals surface area contributed by atoms with E-state index in [9.17, 15) is 4.79 Å². The highest BCUT2D eigenvalue weighted by atomic mass is 16.2. The molecular formula is C11H18N4O. The molecule has 2 heterocycles. The molecule has 5 heteroatoms. The summed E-state index contributed by atoms with van der Waals surface area (Å²) < 4.78 is 1.72. The van der Waals surface area contributed by atoms with Crippen molar-refractivity contribution in [3.8, 4) is 0 Å². The number of carbonyl (C=O) groups is 1. The van der Waals surface area contributed by atoms with Crippen LogP contribution in [0.2, 0.25) is 0 Å². The van der Waals surface area contributed by atoms with Gasteiger partial charge >= 0.3 is 0 Å². The third-order valence-electron chi connectivity index (χ3n) is 2.92. The number of nitrogen functional groups attached to an aromatic ring is 1. The van der Waals surface area contributed by atoms with Gasteiger partial charge in [0.1, 0.15) is 0 Å². The van der Waals surface area contributed by atoms with E-state index in [0.717, 1.165) is 25.9 Å². The fourth-order valence-electron chi connectivity index (χ4n) is 2.01. The van der Waals surface area contributed by atoms with Gasteiger partial charge in [-0.3, -0.25) is 9.48 Å². The minimum Gasteiger partial charge on any atom is -0.396 e. The highest BCUT2D eigenvalue weighted by Crippen LogP contribution is 2.10. The Labute approximate surface area is 95.2 Å². The number of amides is 1. The number of aryl methyl sites for hydroxylation is 1. The van der Waals surface area contributed by atoms with E-state index >= 15 is 0 Å². The summed E-state index contributed by atoms with van der Waals surface area (Å²) in [6.45, 7) is 2.45. The van der Waals surface area contributed by atoms with Gasteiger partial charge in [0.05, 0.1) is 11.9 Å². The lowest BCUT2D eigenvalue weighted by molar-refractivity contribution is -0.132. The average Bonchev–Trinajstić information content (AvgIpc) is 2.73. The lowest BCUT2D eigenvalue weighted by Gasteiger charge is -2.26. The molecule has 0 aromatic carbocycles. The number of nitrogens with two attached hydrogens (primary N) is 1. The molecule has 1 fully saturated rings. The first-order valence-electron chi connectivity index (χ1n) is 5.81. The van der Waals surface area contributed by atoms with Crippen molar-refractivity contribution < 1.29 is 4.79 Å². The first-order valence-corrected chi connectivity index (χ1v) is 5.81. The van der Waals surface area contributed by atoms with Gasteiger partial charge in [-0.1, -0.05) is 0 Å². The Kier molecular flexibility index (Phi) is 3.44. The van der Waals surface area contributed by atoms with Crippen molar-refractivity contribution in [3.63, 3.8) is 0 Å². The Hall–Kier alpha value is -1.52. The number of hydrogen-bond donors (Lipinski definition) is 1. The third-order valence-corrected chi connectivity index (χ3v) is 2.92. The lowest BCUT2D eigenvalue weighted by atomic mass is 10.1. The normalized spacial score (nSPS) is 16.4. The van der Waals surface area contributed by atoms with Gasteiger partial charge in [0, 0.05) is 32.3 Å². The van der Waals surface area contributed by atoms with Crippen LogP contribution in [0.15, 0.2) is 12.4 Å². The molecular weight excluding hydrogens is 204 g/mol. The molecule has 2 rings (SSSR count). The fourth-order valence-corrected chi connectivity index (χ4v) is 2.01. The maximum absolute atomic E-state index is 11.8. The Morgan fingerprint density at radius 1 is 1.38 bits per heavy atom. The van der Waals surface area contributed by atoms with E-state index in [-0.39, 0.29) is 5.91 Å². The maximum atomic E-state index is 11.8. The zero-order valence-electron chi connectivity index (χ0n) is 9.43. The second-order valence-corrected chi connectivity index (χ2v) is 4.23. The SMILES string of the molecule is Nc1cnn(CCC(=O)N2CCCCC2)c1. The van der Waals surface area contributed by atoms with Gasteiger partial charge in [-0.05, 0) is 19.3 Å². The van der Waals surface area contributed by atoms with E-state index in [1.165, 1.54) is 6.42 Å². The molecule has 0 atom stereocenters. The minimum atomic E-state index is 0.230. The number of hydrogen-bond acceptors (Lipinski definition) is 3. The molecule has 0 radical (unpaired) electrons. The van der Waals surface area contributed by atoms with Crippen LogP contribution < -0.4 is 5.73 Å². The van der Waals surface area contributed by atoms with Crippen molar-refractivity contribution in [1.82, 2.24) is 14.7 Å². The van der Waals surface area contributed by atoms with Gasteiger partial charge in [-0.15, -0.1) is 0 Å². The van der Waals surface area contributed by atoms with Gasteiger partial charge < -0.3 is 10.6 Å². The largest absolute Gasteiger partial charge is 0.396 e. The quantitative estimate of drug-likeness (QED) is 0.825. The summed E-state index contributed by atoms with van der Waals surface area (Å²) in [7, 11) is 0. The summed E-state index contributed by atoms with van der Waals surface area (Å²) in [5, 5.41) is 4.05. The first-order chi connectivity index (χ1) is 7.75. The number of piperidine rings is 1. The molecule has 0 saturated carbocycles. The molecule has 16 heavy (non-hydrogen) atoms. The molecule has 0 bridgehead atoms. The number of anilines is 1. The second-order valence-electron chi connectivity index (χ2n) is 4.23. The van der Waals surface area contributed by atoms with Crippen molar-refractivity contribution in [2.45, 2.75) is 32.2 Å². The van der Waals surface area contributed by atoms with Crippen LogP contribution in [0.3, 0.4) is 0 Å². The molecule has 0 unspecified atom stereocenters. The van der Waals surface area contributed by atoms with Crippen molar-refractivity contribution in [3.05, 3.63) is 12.4 Å². The van der Waals surface area contributed by atoms with E-state index in [2.05, 4.69) is 5.10 Å². The van der Waals surface area contributed by atoms with Crippen molar-refractivity contribution in [2.75, 3.05) is 18.8 Å². The highest BCUT2D eigenvalue weighted by Gasteiger charge is 2.15. The molecule has 1 aromatic heterocycles. The third kappa shape index (κ3) is 2.74. The maximum Gasteiger partial charge on any atom is 0.224 e. The molecule has 0 aliphatic carbocycles. The predicted molar refractivity (Wildman–Crippen MR) is 61.7 cm³/mol. The summed E-state index contributed by atoms with van der Waals surface area (Å²) in [4.78, 5) is 13.8. The zero-order valence-corrected chi connectivity index (χ0v) is 9.43. The summed E-state index contributed by atoms with van der Waals surface area (Å²) in [5.41, 5.74) is 6.19. The Bertz CT molecular complexity index is 355. The fraction of sp³-hybridized carbons (Fsp3) is 0.636. The van der Waals surface area contributed by atoms with Crippen molar-refractivity contribution in [2.24, 2.45) is 0 Å². The van der Waals surface area contributed by atoms with Crippen LogP contribution in [0.1, 0.15) is 25.7 Å². The molecule has 0 spiro atoms. The number of likely N-dealkylation sites (tertiary alicyclic amines) is 1. The summed E-state index contributed by atoms with van der Waals surface area (Å²) in [6, 6.07) is 0. The topological polar surface area (TPSA) is 64.1 Å². The molecule has 1 aliphatic rings. The molecule has 1 aliphatic heterocycles. The van der Waals surface area contributed by atoms with Gasteiger partial charge in [0.2, 0.25) is 5.91 Å². The summed E-state index contributed by atoms with van der Waals surface area (Å²) in [5.74, 6) is 0.230. The van der Waals surface area contributed by atoms with Gasteiger partial charge in [-0.2, -0.15) is 5.10 Å². The van der Waals surface area contributed by atoms with Crippen LogP contribution in [0, 0.1) is 0 Å². The molecule has 2 N–H and O–H groups in total. The van der Waals surface area contributed by atoms with E-state index < -0.39 is 0 Å². The van der Waals surface area contributed by atoms with E-state index in [1.54, 1.807) is 17.1 Å². The lowest BCUT2D eigenvalue weighted by Crippen LogP contribution is -2.36. The van der Waals surface area contributed by atoms with Crippen LogP contribution in [-0.4, -0.2) is 33.7 Å². The molecule has 1 aromatic rings. The van der Waals surface area contributed by atoms with Crippen molar-refractivity contribution in [1.29, 1.82) is 0 Å². The Balaban J connectivity index is 1.78. The first kappa shape index (κ1) is 11.0. The van der Waals surface area contributed by atoms with Gasteiger partial charge in [0.25, 0.3) is 0 Å². The predicted octanol–water partition coefficient (Wildman–Crippen LogP) is 0.868.